The Morgan fingerprint density at radius 1 is 1.18 bits per heavy atom. The first-order valence-electron chi connectivity index (χ1n) is 6.46. The van der Waals surface area contributed by atoms with Crippen molar-refractivity contribution in [3.63, 3.8) is 0 Å². The van der Waals surface area contributed by atoms with Crippen molar-refractivity contribution < 1.29 is 12.8 Å². The first-order chi connectivity index (χ1) is 10.4. The molecule has 3 rings (SSSR count). The normalized spacial score (nSPS) is 15.7. The quantitative estimate of drug-likeness (QED) is 0.809. The fraction of sp³-hybridized carbons (Fsp3) is 0.0625. The van der Waals surface area contributed by atoms with E-state index in [1.54, 1.807) is 24.3 Å². The molecular weight excluding hydrogens is 303 g/mol. The van der Waals surface area contributed by atoms with Crippen molar-refractivity contribution in [3.05, 3.63) is 65.0 Å². The Labute approximate surface area is 127 Å². The minimum absolute atomic E-state index is 0.0430. The Morgan fingerprint density at radius 3 is 2.64 bits per heavy atom. The monoisotopic (exact) mass is 314 g/mol. The lowest BCUT2D eigenvalue weighted by atomic mass is 10.2. The van der Waals surface area contributed by atoms with Gasteiger partial charge in [-0.15, -0.1) is 0 Å². The van der Waals surface area contributed by atoms with Gasteiger partial charge in [0.15, 0.2) is 4.91 Å². The van der Waals surface area contributed by atoms with Gasteiger partial charge in [0.1, 0.15) is 11.9 Å². The van der Waals surface area contributed by atoms with Crippen molar-refractivity contribution in [1.29, 1.82) is 5.26 Å². The zero-order chi connectivity index (χ0) is 15.9. The van der Waals surface area contributed by atoms with Gasteiger partial charge in [-0.05, 0) is 42.8 Å². The summed E-state index contributed by atoms with van der Waals surface area (Å²) < 4.78 is 38.3. The van der Waals surface area contributed by atoms with Crippen LogP contribution in [0.5, 0.6) is 0 Å². The van der Waals surface area contributed by atoms with Crippen LogP contribution in [0.3, 0.4) is 0 Å². The van der Waals surface area contributed by atoms with E-state index in [1.807, 2.05) is 6.92 Å². The lowest BCUT2D eigenvalue weighted by Crippen LogP contribution is -2.21. The fourth-order valence-corrected chi connectivity index (χ4v) is 3.63. The molecule has 0 spiro atoms. The summed E-state index contributed by atoms with van der Waals surface area (Å²) in [5.41, 5.74) is 1.73. The van der Waals surface area contributed by atoms with Crippen LogP contribution in [0.15, 0.2) is 58.5 Å². The van der Waals surface area contributed by atoms with Gasteiger partial charge in [-0.1, -0.05) is 12.1 Å². The largest absolute Gasteiger partial charge is 0.314 e. The van der Waals surface area contributed by atoms with E-state index < -0.39 is 15.7 Å². The number of hydrogen-bond donors (Lipinski definition) is 0. The van der Waals surface area contributed by atoms with E-state index in [2.05, 4.69) is 0 Å². The van der Waals surface area contributed by atoms with E-state index in [9.17, 15) is 12.8 Å². The Balaban J connectivity index is 2.32. The molecule has 0 N–H and O–H groups in total. The van der Waals surface area contributed by atoms with Crippen LogP contribution in [0.2, 0.25) is 0 Å². The molecule has 4 nitrogen and oxygen atoms in total. The lowest BCUT2D eigenvalue weighted by Gasteiger charge is -2.27. The van der Waals surface area contributed by atoms with Gasteiger partial charge in [0.05, 0.1) is 10.6 Å². The van der Waals surface area contributed by atoms with Gasteiger partial charge >= 0.3 is 0 Å². The van der Waals surface area contributed by atoms with E-state index in [4.69, 9.17) is 5.26 Å². The van der Waals surface area contributed by atoms with Crippen LogP contribution in [-0.2, 0) is 9.84 Å². The molecule has 0 atom stereocenters. The van der Waals surface area contributed by atoms with Gasteiger partial charge in [0.25, 0.3) is 0 Å². The fourth-order valence-electron chi connectivity index (χ4n) is 2.35. The number of anilines is 2. The maximum atomic E-state index is 13.5. The van der Waals surface area contributed by atoms with Crippen molar-refractivity contribution in [2.75, 3.05) is 4.90 Å². The predicted octanol–water partition coefficient (Wildman–Crippen LogP) is 3.42. The van der Waals surface area contributed by atoms with E-state index >= 15 is 0 Å². The van der Waals surface area contributed by atoms with Crippen LogP contribution in [0.4, 0.5) is 15.8 Å². The molecule has 0 aromatic heterocycles. The molecule has 0 saturated carbocycles. The smallest absolute Gasteiger partial charge is 0.220 e. The number of aryl methyl sites for hydroxylation is 1. The first-order valence-corrected chi connectivity index (χ1v) is 7.94. The van der Waals surface area contributed by atoms with Crippen molar-refractivity contribution in [2.24, 2.45) is 0 Å². The highest BCUT2D eigenvalue weighted by Crippen LogP contribution is 2.39. The molecule has 0 amide bonds. The summed E-state index contributed by atoms with van der Waals surface area (Å²) in [6.07, 6.45) is 1.23. The molecule has 22 heavy (non-hydrogen) atoms. The summed E-state index contributed by atoms with van der Waals surface area (Å²) in [4.78, 5) is 1.19. The number of benzene rings is 2. The minimum Gasteiger partial charge on any atom is -0.314 e. The van der Waals surface area contributed by atoms with Crippen LogP contribution in [-0.4, -0.2) is 8.42 Å². The Hall–Kier alpha value is -2.65. The predicted molar refractivity (Wildman–Crippen MR) is 80.6 cm³/mol. The number of hydrogen-bond acceptors (Lipinski definition) is 4. The summed E-state index contributed by atoms with van der Waals surface area (Å²) in [6, 6.07) is 12.3. The second-order valence-corrected chi connectivity index (χ2v) is 6.82. The Kier molecular flexibility index (Phi) is 3.23. The number of sulfone groups is 1. The average molecular weight is 314 g/mol. The van der Waals surface area contributed by atoms with Crippen LogP contribution < -0.4 is 4.90 Å². The number of nitriles is 1. The lowest BCUT2D eigenvalue weighted by molar-refractivity contribution is 0.602. The van der Waals surface area contributed by atoms with Gasteiger partial charge < -0.3 is 4.90 Å². The van der Waals surface area contributed by atoms with E-state index in [0.717, 1.165) is 5.56 Å². The third-order valence-corrected chi connectivity index (χ3v) is 5.10. The van der Waals surface area contributed by atoms with Crippen LogP contribution >= 0.6 is 0 Å². The van der Waals surface area contributed by atoms with Crippen LogP contribution in [0.25, 0.3) is 0 Å². The first kappa shape index (κ1) is 14.3. The molecule has 1 heterocycles. The standard InChI is InChI=1S/C16H11FN2O2S/c1-11-5-6-16-15(7-11)19(10-14(9-18)22(16,20)21)13-4-2-3-12(17)8-13/h2-8,10H,1H3. The highest BCUT2D eigenvalue weighted by atomic mass is 32.2. The number of allylic oxidation sites excluding steroid dienone is 1. The number of fused-ring (bicyclic) bond motifs is 1. The molecule has 1 aliphatic rings. The molecular formula is C16H11FN2O2S. The van der Waals surface area contributed by atoms with Crippen molar-refractivity contribution in [3.8, 4) is 6.07 Å². The van der Waals surface area contributed by atoms with E-state index in [1.165, 1.54) is 35.4 Å². The summed E-state index contributed by atoms with van der Waals surface area (Å²) in [5.74, 6) is -0.438. The Morgan fingerprint density at radius 2 is 1.95 bits per heavy atom. The second kappa shape index (κ2) is 4.97. The maximum Gasteiger partial charge on any atom is 0.220 e. The number of nitrogens with zero attached hydrogens (tertiary/aromatic N) is 2. The van der Waals surface area contributed by atoms with Crippen molar-refractivity contribution in [1.82, 2.24) is 0 Å². The highest BCUT2D eigenvalue weighted by molar-refractivity contribution is 7.95. The summed E-state index contributed by atoms with van der Waals surface area (Å²) in [7, 11) is -3.84. The maximum absolute atomic E-state index is 13.5. The molecule has 0 radical (unpaired) electrons. The average Bonchev–Trinajstić information content (AvgIpc) is 2.47. The van der Waals surface area contributed by atoms with Crippen LogP contribution in [0.1, 0.15) is 5.56 Å². The van der Waals surface area contributed by atoms with Crippen molar-refractivity contribution in [2.45, 2.75) is 11.8 Å². The second-order valence-electron chi connectivity index (χ2n) is 4.93. The molecule has 0 bridgehead atoms. The topological polar surface area (TPSA) is 61.2 Å². The molecule has 110 valence electrons. The molecule has 2 aromatic rings. The molecule has 0 fully saturated rings. The van der Waals surface area contributed by atoms with Gasteiger partial charge in [0.2, 0.25) is 9.84 Å². The van der Waals surface area contributed by atoms with Gasteiger partial charge in [-0.3, -0.25) is 0 Å². The zero-order valence-electron chi connectivity index (χ0n) is 11.6. The number of halogens is 1. The van der Waals surface area contributed by atoms with E-state index in [0.29, 0.717) is 11.4 Å². The molecule has 0 aliphatic carbocycles. The van der Waals surface area contributed by atoms with Gasteiger partial charge in [0, 0.05) is 11.9 Å². The molecule has 1 aliphatic heterocycles. The molecule has 2 aromatic carbocycles. The van der Waals surface area contributed by atoms with Gasteiger partial charge in [-0.2, -0.15) is 5.26 Å². The Bertz CT molecular complexity index is 943. The third kappa shape index (κ3) is 2.16. The molecule has 6 heteroatoms. The highest BCUT2D eigenvalue weighted by Gasteiger charge is 2.32. The third-order valence-electron chi connectivity index (χ3n) is 3.40. The number of rotatable bonds is 1. The molecule has 0 unspecified atom stereocenters. The van der Waals surface area contributed by atoms with E-state index in [-0.39, 0.29) is 9.80 Å². The summed E-state index contributed by atoms with van der Waals surface area (Å²) >= 11 is 0. The van der Waals surface area contributed by atoms with Gasteiger partial charge in [-0.25, -0.2) is 12.8 Å². The molecule has 0 saturated heterocycles. The minimum atomic E-state index is -3.84. The summed E-state index contributed by atoms with van der Waals surface area (Å²) in [6.45, 7) is 1.83. The SMILES string of the molecule is Cc1ccc2c(c1)N(c1cccc(F)c1)C=C(C#N)S2(=O)=O. The van der Waals surface area contributed by atoms with Crippen molar-refractivity contribution >= 4 is 21.2 Å². The zero-order valence-corrected chi connectivity index (χ0v) is 12.4. The van der Waals surface area contributed by atoms with Crippen LogP contribution in [0, 0.1) is 24.1 Å². The summed E-state index contributed by atoms with van der Waals surface area (Å²) in [5, 5.41) is 9.13.